The van der Waals surface area contributed by atoms with Crippen LogP contribution in [0.5, 0.6) is 0 Å². The van der Waals surface area contributed by atoms with Gasteiger partial charge in [0, 0.05) is 37.3 Å². The van der Waals surface area contributed by atoms with Gasteiger partial charge in [0.25, 0.3) is 5.91 Å². The zero-order valence-corrected chi connectivity index (χ0v) is 13.2. The molecule has 1 unspecified atom stereocenters. The summed E-state index contributed by atoms with van der Waals surface area (Å²) in [5.41, 5.74) is 2.40. The molecule has 1 aliphatic heterocycles. The molecule has 23 heavy (non-hydrogen) atoms. The highest BCUT2D eigenvalue weighted by Crippen LogP contribution is 2.29. The maximum atomic E-state index is 12.1. The lowest BCUT2D eigenvalue weighted by molar-refractivity contribution is -0.121. The van der Waals surface area contributed by atoms with E-state index in [4.69, 9.17) is 0 Å². The summed E-state index contributed by atoms with van der Waals surface area (Å²) in [7, 11) is 1.60. The first-order chi connectivity index (χ1) is 11.0. The number of hydrogen-bond acceptors (Lipinski definition) is 3. The van der Waals surface area contributed by atoms with Crippen molar-refractivity contribution in [2.24, 2.45) is 0 Å². The minimum absolute atomic E-state index is 0.0628. The number of carbonyl (C=O) groups is 3. The van der Waals surface area contributed by atoms with Gasteiger partial charge in [0.1, 0.15) is 11.5 Å². The maximum absolute atomic E-state index is 12.1. The zero-order chi connectivity index (χ0) is 16.6. The Balaban J connectivity index is 2.07. The minimum atomic E-state index is -0.137. The molecule has 6 nitrogen and oxygen atoms in total. The number of aromatic nitrogens is 1. The van der Waals surface area contributed by atoms with E-state index in [0.717, 1.165) is 16.5 Å². The van der Waals surface area contributed by atoms with E-state index < -0.39 is 0 Å². The second-order valence-corrected chi connectivity index (χ2v) is 5.91. The molecule has 0 radical (unpaired) electrons. The standard InChI is InChI=1S/C17H19N3O3/c1-10(21)5-11-3-4-14-12(6-11)7-15-17(23)19-9-13(20(14)15)8-16(22)18-2/h3-4,6-7,13H,5,8-9H2,1-2H3,(H,18,22)(H,19,23). The summed E-state index contributed by atoms with van der Waals surface area (Å²) in [5.74, 6) is -0.0989. The van der Waals surface area contributed by atoms with Gasteiger partial charge >= 0.3 is 0 Å². The highest BCUT2D eigenvalue weighted by molar-refractivity contribution is 6.00. The molecular formula is C17H19N3O3. The predicted molar refractivity (Wildman–Crippen MR) is 86.4 cm³/mol. The molecule has 0 saturated carbocycles. The molecule has 0 spiro atoms. The van der Waals surface area contributed by atoms with E-state index in [-0.39, 0.29) is 23.6 Å². The van der Waals surface area contributed by atoms with Crippen molar-refractivity contribution in [3.63, 3.8) is 0 Å². The van der Waals surface area contributed by atoms with E-state index in [1.54, 1.807) is 14.0 Å². The molecule has 0 bridgehead atoms. The molecule has 6 heteroatoms. The Kier molecular flexibility index (Phi) is 3.90. The molecule has 1 atom stereocenters. The fraction of sp³-hybridized carbons (Fsp3) is 0.353. The van der Waals surface area contributed by atoms with Crippen LogP contribution in [0, 0.1) is 0 Å². The van der Waals surface area contributed by atoms with Crippen molar-refractivity contribution in [2.75, 3.05) is 13.6 Å². The van der Waals surface area contributed by atoms with E-state index in [1.165, 1.54) is 0 Å². The second-order valence-electron chi connectivity index (χ2n) is 5.91. The number of nitrogens with zero attached hydrogens (tertiary/aromatic N) is 1. The number of fused-ring (bicyclic) bond motifs is 3. The zero-order valence-electron chi connectivity index (χ0n) is 13.2. The van der Waals surface area contributed by atoms with E-state index >= 15 is 0 Å². The summed E-state index contributed by atoms with van der Waals surface area (Å²) in [6.07, 6.45) is 0.688. The third kappa shape index (κ3) is 2.84. The number of Topliss-reactive ketones (excluding diaryl/α,β-unsaturated/α-hetero) is 1. The van der Waals surface area contributed by atoms with Crippen molar-refractivity contribution < 1.29 is 14.4 Å². The molecule has 1 aromatic heterocycles. The average Bonchev–Trinajstić information content (AvgIpc) is 2.89. The van der Waals surface area contributed by atoms with Gasteiger partial charge in [0.05, 0.1) is 6.04 Å². The fourth-order valence-corrected chi connectivity index (χ4v) is 3.12. The summed E-state index contributed by atoms with van der Waals surface area (Å²) < 4.78 is 1.93. The normalized spacial score (nSPS) is 16.8. The lowest BCUT2D eigenvalue weighted by atomic mass is 10.1. The van der Waals surface area contributed by atoms with Crippen LogP contribution in [0.4, 0.5) is 0 Å². The first-order valence-electron chi connectivity index (χ1n) is 7.61. The summed E-state index contributed by atoms with van der Waals surface area (Å²) in [4.78, 5) is 35.2. The Labute approximate surface area is 133 Å². The van der Waals surface area contributed by atoms with Gasteiger partial charge in [-0.2, -0.15) is 0 Å². The van der Waals surface area contributed by atoms with Crippen LogP contribution in [-0.2, 0) is 16.0 Å². The third-order valence-electron chi connectivity index (χ3n) is 4.15. The fourth-order valence-electron chi connectivity index (χ4n) is 3.12. The quantitative estimate of drug-likeness (QED) is 0.890. The minimum Gasteiger partial charge on any atom is -0.359 e. The Bertz CT molecular complexity index is 807. The molecule has 0 aliphatic carbocycles. The molecular weight excluding hydrogens is 294 g/mol. The third-order valence-corrected chi connectivity index (χ3v) is 4.15. The van der Waals surface area contributed by atoms with Crippen LogP contribution in [0.1, 0.15) is 35.4 Å². The van der Waals surface area contributed by atoms with Crippen LogP contribution in [0.3, 0.4) is 0 Å². The van der Waals surface area contributed by atoms with Gasteiger partial charge < -0.3 is 15.2 Å². The van der Waals surface area contributed by atoms with Gasteiger partial charge in [-0.25, -0.2) is 0 Å². The first-order valence-corrected chi connectivity index (χ1v) is 7.61. The Morgan fingerprint density at radius 2 is 2.13 bits per heavy atom. The molecule has 2 N–H and O–H groups in total. The number of nitrogens with one attached hydrogen (secondary N) is 2. The SMILES string of the molecule is CNC(=O)CC1CNC(=O)c2cc3cc(CC(C)=O)ccc3n21. The van der Waals surface area contributed by atoms with Crippen molar-refractivity contribution in [3.8, 4) is 0 Å². The summed E-state index contributed by atoms with van der Waals surface area (Å²) in [6.45, 7) is 1.99. The highest BCUT2D eigenvalue weighted by Gasteiger charge is 2.28. The number of carbonyl (C=O) groups excluding carboxylic acids is 3. The van der Waals surface area contributed by atoms with Crippen LogP contribution >= 0.6 is 0 Å². The van der Waals surface area contributed by atoms with Crippen molar-refractivity contribution in [2.45, 2.75) is 25.8 Å². The molecule has 0 saturated heterocycles. The van der Waals surface area contributed by atoms with E-state index in [2.05, 4.69) is 10.6 Å². The molecule has 1 aromatic carbocycles. The summed E-state index contributed by atoms with van der Waals surface area (Å²) in [5, 5.41) is 6.37. The lowest BCUT2D eigenvalue weighted by Gasteiger charge is -2.26. The smallest absolute Gasteiger partial charge is 0.268 e. The Hall–Kier alpha value is -2.63. The van der Waals surface area contributed by atoms with E-state index in [1.807, 2.05) is 28.8 Å². The topological polar surface area (TPSA) is 80.2 Å². The van der Waals surface area contributed by atoms with Crippen LogP contribution in [0.15, 0.2) is 24.3 Å². The molecule has 2 aromatic rings. The van der Waals surface area contributed by atoms with E-state index in [0.29, 0.717) is 25.1 Å². The predicted octanol–water partition coefficient (Wildman–Crippen LogP) is 1.19. The monoisotopic (exact) mass is 313 g/mol. The summed E-state index contributed by atoms with van der Waals surface area (Å²) in [6, 6.07) is 7.47. The van der Waals surface area contributed by atoms with E-state index in [9.17, 15) is 14.4 Å². The molecule has 2 amide bonds. The molecule has 3 rings (SSSR count). The molecule has 120 valence electrons. The van der Waals surface area contributed by atoms with Gasteiger partial charge in [-0.3, -0.25) is 14.4 Å². The van der Waals surface area contributed by atoms with Gasteiger partial charge in [0.15, 0.2) is 0 Å². The van der Waals surface area contributed by atoms with Gasteiger partial charge in [-0.1, -0.05) is 6.07 Å². The Morgan fingerprint density at radius 3 is 2.83 bits per heavy atom. The first kappa shape index (κ1) is 15.3. The number of rotatable bonds is 4. The number of benzene rings is 1. The van der Waals surface area contributed by atoms with Gasteiger partial charge in [0.2, 0.25) is 5.91 Å². The Morgan fingerprint density at radius 1 is 1.35 bits per heavy atom. The summed E-state index contributed by atoms with van der Waals surface area (Å²) >= 11 is 0. The van der Waals surface area contributed by atoms with Crippen LogP contribution in [0.2, 0.25) is 0 Å². The maximum Gasteiger partial charge on any atom is 0.268 e. The van der Waals surface area contributed by atoms with Crippen molar-refractivity contribution in [1.29, 1.82) is 0 Å². The number of hydrogen-bond donors (Lipinski definition) is 2. The largest absolute Gasteiger partial charge is 0.359 e. The van der Waals surface area contributed by atoms with Crippen LogP contribution < -0.4 is 10.6 Å². The highest BCUT2D eigenvalue weighted by atomic mass is 16.2. The van der Waals surface area contributed by atoms with Crippen LogP contribution in [-0.4, -0.2) is 35.8 Å². The van der Waals surface area contributed by atoms with Gasteiger partial charge in [-0.05, 0) is 30.7 Å². The average molecular weight is 313 g/mol. The number of ketones is 1. The molecule has 0 fully saturated rings. The van der Waals surface area contributed by atoms with Crippen LogP contribution in [0.25, 0.3) is 10.9 Å². The number of amides is 2. The molecule has 2 heterocycles. The molecule has 1 aliphatic rings. The van der Waals surface area contributed by atoms with Crippen molar-refractivity contribution in [1.82, 2.24) is 15.2 Å². The van der Waals surface area contributed by atoms with Crippen molar-refractivity contribution >= 4 is 28.5 Å². The lowest BCUT2D eigenvalue weighted by Crippen LogP contribution is -2.40. The van der Waals surface area contributed by atoms with Crippen molar-refractivity contribution in [3.05, 3.63) is 35.5 Å². The second kappa shape index (κ2) is 5.87. The van der Waals surface area contributed by atoms with Gasteiger partial charge in [-0.15, -0.1) is 0 Å².